The maximum absolute atomic E-state index is 12.1. The smallest absolute Gasteiger partial charge is 0.297 e. The Labute approximate surface area is 120 Å². The first-order valence-corrected chi connectivity index (χ1v) is 6.45. The molecule has 1 aromatic heterocycles. The number of carbonyl (C=O) groups excluding carboxylic acids is 1. The predicted octanol–water partition coefficient (Wildman–Crippen LogP) is 2.02. The summed E-state index contributed by atoms with van der Waals surface area (Å²) in [5.74, 6) is -0.345. The van der Waals surface area contributed by atoms with E-state index in [9.17, 15) is 19.7 Å². The van der Waals surface area contributed by atoms with Crippen molar-refractivity contribution in [1.29, 1.82) is 0 Å². The molecule has 0 saturated carbocycles. The number of nitro benzene ring substituents is 1. The number of nitrogens with zero attached hydrogens (tertiary/aromatic N) is 3. The average molecular weight is 289 g/mol. The number of Topliss-reactive ketones (excluding diaryl/α,β-unsaturated/α-hetero) is 1. The van der Waals surface area contributed by atoms with Gasteiger partial charge in [-0.05, 0) is 13.8 Å². The number of carbonyl (C=O) groups is 1. The van der Waals surface area contributed by atoms with Crippen molar-refractivity contribution in [3.8, 4) is 0 Å². The van der Waals surface area contributed by atoms with Crippen molar-refractivity contribution >= 4 is 11.5 Å². The Bertz CT molecular complexity index is 743. The first-order chi connectivity index (χ1) is 9.90. The number of hydrogen-bond acceptors (Lipinski definition) is 4. The topological polar surface area (TPSA) is 87.1 Å². The molecule has 0 atom stereocenters. The Morgan fingerprint density at radius 2 is 2.05 bits per heavy atom. The van der Waals surface area contributed by atoms with Crippen LogP contribution >= 0.6 is 0 Å². The van der Waals surface area contributed by atoms with E-state index in [0.29, 0.717) is 0 Å². The summed E-state index contributed by atoms with van der Waals surface area (Å²) in [6.07, 6.45) is 3.16. The van der Waals surface area contributed by atoms with Crippen molar-refractivity contribution in [2.24, 2.45) is 0 Å². The minimum Gasteiger partial charge on any atom is -0.297 e. The van der Waals surface area contributed by atoms with Gasteiger partial charge in [-0.2, -0.15) is 0 Å². The number of imidazole rings is 1. The Hall–Kier alpha value is -2.70. The number of ketones is 1. The molecule has 0 aliphatic rings. The van der Waals surface area contributed by atoms with E-state index < -0.39 is 4.92 Å². The van der Waals surface area contributed by atoms with Crippen LogP contribution in [-0.4, -0.2) is 19.8 Å². The maximum atomic E-state index is 12.1. The number of nitro groups is 1. The molecule has 0 fully saturated rings. The van der Waals surface area contributed by atoms with E-state index in [2.05, 4.69) is 0 Å². The van der Waals surface area contributed by atoms with Crippen LogP contribution in [0.5, 0.6) is 0 Å². The first-order valence-electron chi connectivity index (χ1n) is 6.45. The molecular weight excluding hydrogens is 274 g/mol. The fraction of sp³-hybridized carbons (Fsp3) is 0.286. The highest BCUT2D eigenvalue weighted by Gasteiger charge is 2.14. The van der Waals surface area contributed by atoms with Gasteiger partial charge < -0.3 is 0 Å². The molecule has 0 spiro atoms. The highest BCUT2D eigenvalue weighted by molar-refractivity contribution is 5.96. The summed E-state index contributed by atoms with van der Waals surface area (Å²) in [4.78, 5) is 34.3. The number of hydrogen-bond donors (Lipinski definition) is 0. The highest BCUT2D eigenvalue weighted by Crippen LogP contribution is 2.14. The Morgan fingerprint density at radius 1 is 1.33 bits per heavy atom. The summed E-state index contributed by atoms with van der Waals surface area (Å²) >= 11 is 0. The fourth-order valence-electron chi connectivity index (χ4n) is 1.98. The summed E-state index contributed by atoms with van der Waals surface area (Å²) in [5.41, 5.74) is -0.204. The van der Waals surface area contributed by atoms with E-state index >= 15 is 0 Å². The molecule has 0 saturated heterocycles. The Kier molecular flexibility index (Phi) is 4.02. The van der Waals surface area contributed by atoms with Crippen LogP contribution in [0.15, 0.2) is 41.5 Å². The maximum Gasteiger partial charge on any atom is 0.328 e. The lowest BCUT2D eigenvalue weighted by molar-refractivity contribution is -0.384. The molecule has 1 heterocycles. The van der Waals surface area contributed by atoms with E-state index in [1.54, 1.807) is 6.20 Å². The minimum atomic E-state index is -0.557. The van der Waals surface area contributed by atoms with Crippen molar-refractivity contribution in [3.63, 3.8) is 0 Å². The van der Waals surface area contributed by atoms with Gasteiger partial charge in [0.15, 0.2) is 5.78 Å². The lowest BCUT2D eigenvalue weighted by Gasteiger charge is -2.05. The van der Waals surface area contributed by atoms with Gasteiger partial charge >= 0.3 is 5.69 Å². The van der Waals surface area contributed by atoms with Crippen molar-refractivity contribution in [2.75, 3.05) is 0 Å². The van der Waals surface area contributed by atoms with Crippen LogP contribution in [0.4, 0.5) is 5.69 Å². The highest BCUT2D eigenvalue weighted by atomic mass is 16.6. The van der Waals surface area contributed by atoms with E-state index in [1.807, 2.05) is 13.8 Å². The molecule has 110 valence electrons. The van der Waals surface area contributed by atoms with Gasteiger partial charge in [-0.3, -0.25) is 24.0 Å². The third-order valence-corrected chi connectivity index (χ3v) is 3.12. The molecule has 2 rings (SSSR count). The molecular formula is C14H15N3O4. The van der Waals surface area contributed by atoms with Gasteiger partial charge in [-0.15, -0.1) is 0 Å². The van der Waals surface area contributed by atoms with Gasteiger partial charge in [-0.1, -0.05) is 12.1 Å². The van der Waals surface area contributed by atoms with E-state index in [0.717, 1.165) is 0 Å². The van der Waals surface area contributed by atoms with Gasteiger partial charge in [0.2, 0.25) is 0 Å². The SMILES string of the molecule is CC(C)n1ccn(CC(=O)c2cccc([N+](=O)[O-])c2)c1=O. The summed E-state index contributed by atoms with van der Waals surface area (Å²) < 4.78 is 2.81. The standard InChI is InChI=1S/C14H15N3O4/c1-10(2)16-7-6-15(14(16)19)9-13(18)11-4-3-5-12(8-11)17(20)21/h3-8,10H,9H2,1-2H3. The number of rotatable bonds is 5. The van der Waals surface area contributed by atoms with Crippen molar-refractivity contribution < 1.29 is 9.72 Å². The monoisotopic (exact) mass is 289 g/mol. The Morgan fingerprint density at radius 3 is 2.62 bits per heavy atom. The third-order valence-electron chi connectivity index (χ3n) is 3.12. The molecule has 0 bridgehead atoms. The van der Waals surface area contributed by atoms with Crippen LogP contribution in [0, 0.1) is 10.1 Å². The van der Waals surface area contributed by atoms with Crippen LogP contribution in [0.2, 0.25) is 0 Å². The average Bonchev–Trinajstić information content (AvgIpc) is 2.80. The lowest BCUT2D eigenvalue weighted by Crippen LogP contribution is -2.27. The molecule has 0 N–H and O–H groups in total. The summed E-state index contributed by atoms with van der Waals surface area (Å²) in [7, 11) is 0. The second-order valence-corrected chi connectivity index (χ2v) is 4.94. The molecule has 7 heteroatoms. The van der Waals surface area contributed by atoms with Gasteiger partial charge in [0.05, 0.1) is 11.5 Å². The molecule has 0 amide bonds. The molecule has 7 nitrogen and oxygen atoms in total. The van der Waals surface area contributed by atoms with Gasteiger partial charge in [-0.25, -0.2) is 4.79 Å². The van der Waals surface area contributed by atoms with E-state index in [1.165, 1.54) is 39.6 Å². The molecule has 0 aliphatic carbocycles. The number of non-ortho nitro benzene ring substituents is 1. The normalized spacial score (nSPS) is 10.8. The first kappa shape index (κ1) is 14.7. The van der Waals surface area contributed by atoms with E-state index in [4.69, 9.17) is 0 Å². The van der Waals surface area contributed by atoms with Crippen LogP contribution < -0.4 is 5.69 Å². The zero-order valence-electron chi connectivity index (χ0n) is 11.7. The number of aromatic nitrogens is 2. The molecule has 0 unspecified atom stereocenters. The van der Waals surface area contributed by atoms with Crippen molar-refractivity contribution in [3.05, 3.63) is 62.8 Å². The summed E-state index contributed by atoms with van der Waals surface area (Å²) in [6, 6.07) is 5.49. The predicted molar refractivity (Wildman–Crippen MR) is 76.5 cm³/mol. The fourth-order valence-corrected chi connectivity index (χ4v) is 1.98. The molecule has 0 radical (unpaired) electrons. The van der Waals surface area contributed by atoms with Crippen molar-refractivity contribution in [1.82, 2.24) is 9.13 Å². The minimum absolute atomic E-state index is 0.00617. The van der Waals surface area contributed by atoms with Gasteiger partial charge in [0.1, 0.15) is 0 Å². The molecule has 21 heavy (non-hydrogen) atoms. The summed E-state index contributed by atoms with van der Waals surface area (Å²) in [6.45, 7) is 3.60. The number of benzene rings is 1. The molecule has 1 aromatic carbocycles. The van der Waals surface area contributed by atoms with Crippen LogP contribution in [0.3, 0.4) is 0 Å². The largest absolute Gasteiger partial charge is 0.328 e. The summed E-state index contributed by atoms with van der Waals surface area (Å²) in [5, 5.41) is 10.7. The van der Waals surface area contributed by atoms with Crippen molar-refractivity contribution in [2.45, 2.75) is 26.4 Å². The molecule has 2 aromatic rings. The van der Waals surface area contributed by atoms with Crippen LogP contribution in [0.1, 0.15) is 30.2 Å². The third kappa shape index (κ3) is 3.07. The zero-order chi connectivity index (χ0) is 15.6. The molecule has 0 aliphatic heterocycles. The quantitative estimate of drug-likeness (QED) is 0.478. The van der Waals surface area contributed by atoms with Crippen LogP contribution in [0.25, 0.3) is 0 Å². The Balaban J connectivity index is 2.24. The second-order valence-electron chi connectivity index (χ2n) is 4.94. The van der Waals surface area contributed by atoms with Gasteiger partial charge in [0.25, 0.3) is 5.69 Å². The lowest BCUT2D eigenvalue weighted by atomic mass is 10.1. The van der Waals surface area contributed by atoms with Gasteiger partial charge in [0, 0.05) is 36.1 Å². The van der Waals surface area contributed by atoms with Crippen LogP contribution in [-0.2, 0) is 6.54 Å². The zero-order valence-corrected chi connectivity index (χ0v) is 11.7. The van der Waals surface area contributed by atoms with E-state index in [-0.39, 0.29) is 35.3 Å². The second kappa shape index (κ2) is 5.74.